The third-order valence-corrected chi connectivity index (χ3v) is 4.16. The van der Waals surface area contributed by atoms with Crippen LogP contribution < -0.4 is 5.32 Å². The van der Waals surface area contributed by atoms with Gasteiger partial charge in [0.1, 0.15) is 0 Å². The van der Waals surface area contributed by atoms with Crippen LogP contribution in [0.1, 0.15) is 47.1 Å². The first-order chi connectivity index (χ1) is 10.7. The summed E-state index contributed by atoms with van der Waals surface area (Å²) in [5, 5.41) is 17.2. The number of aryl methyl sites for hydroxylation is 1. The van der Waals surface area contributed by atoms with Gasteiger partial charge in [0, 0.05) is 36.0 Å². The highest BCUT2D eigenvalue weighted by atomic mass is 16.4. The summed E-state index contributed by atoms with van der Waals surface area (Å²) in [5.41, 5.74) is 3.32. The number of carbonyl (C=O) groups is 1. The second-order valence-corrected chi connectivity index (χ2v) is 5.75. The number of aromatic nitrogens is 2. The Morgan fingerprint density at radius 2 is 2.45 bits per heavy atom. The van der Waals surface area contributed by atoms with Crippen LogP contribution in [0.15, 0.2) is 23.0 Å². The Morgan fingerprint density at radius 3 is 3.14 bits per heavy atom. The Kier molecular flexibility index (Phi) is 4.29. The molecule has 0 spiro atoms. The largest absolute Gasteiger partial charge is 0.476 e. The highest BCUT2D eigenvalue weighted by Gasteiger charge is 2.28. The van der Waals surface area contributed by atoms with Crippen LogP contribution >= 0.6 is 0 Å². The number of nitrogens with one attached hydrogen (secondary N) is 1. The molecule has 3 rings (SSSR count). The normalized spacial score (nSPS) is 17.4. The monoisotopic (exact) mass is 303 g/mol. The Balaban J connectivity index is 1.74. The molecular formula is C16H21N3O3. The maximum Gasteiger partial charge on any atom is 0.356 e. The average Bonchev–Trinajstić information content (AvgIpc) is 3.13. The van der Waals surface area contributed by atoms with Gasteiger partial charge in [-0.2, -0.15) is 5.10 Å². The molecule has 0 unspecified atom stereocenters. The quantitative estimate of drug-likeness (QED) is 0.855. The van der Waals surface area contributed by atoms with Gasteiger partial charge in [-0.05, 0) is 31.7 Å². The van der Waals surface area contributed by atoms with Crippen LogP contribution in [-0.4, -0.2) is 26.9 Å². The minimum absolute atomic E-state index is 0.221. The average molecular weight is 303 g/mol. The number of aromatic carboxylic acids is 1. The lowest BCUT2D eigenvalue weighted by Crippen LogP contribution is -2.34. The zero-order valence-corrected chi connectivity index (χ0v) is 12.7. The summed E-state index contributed by atoms with van der Waals surface area (Å²) in [6, 6.07) is 2.21. The molecule has 2 heterocycles. The lowest BCUT2D eigenvalue weighted by molar-refractivity contribution is 0.0688. The Bertz CT molecular complexity index is 646. The highest BCUT2D eigenvalue weighted by molar-refractivity contribution is 5.87. The number of hydrogen-bond donors (Lipinski definition) is 2. The summed E-state index contributed by atoms with van der Waals surface area (Å²) >= 11 is 0. The molecule has 6 nitrogen and oxygen atoms in total. The first-order valence-electron chi connectivity index (χ1n) is 7.75. The number of rotatable bonds is 6. The summed E-state index contributed by atoms with van der Waals surface area (Å²) in [6.07, 6.45) is 6.93. The molecule has 0 saturated carbocycles. The summed E-state index contributed by atoms with van der Waals surface area (Å²) in [5.74, 6) is -0.929. The van der Waals surface area contributed by atoms with E-state index >= 15 is 0 Å². The van der Waals surface area contributed by atoms with E-state index in [1.165, 1.54) is 0 Å². The Hall–Kier alpha value is -2.08. The third kappa shape index (κ3) is 2.92. The Labute approximate surface area is 129 Å². The number of furan rings is 1. The predicted octanol–water partition coefficient (Wildman–Crippen LogP) is 2.23. The van der Waals surface area contributed by atoms with Gasteiger partial charge >= 0.3 is 5.97 Å². The number of carboxylic acid groups (broad SMARTS) is 1. The van der Waals surface area contributed by atoms with Crippen molar-refractivity contribution in [3.8, 4) is 0 Å². The fourth-order valence-corrected chi connectivity index (χ4v) is 3.09. The van der Waals surface area contributed by atoms with E-state index in [9.17, 15) is 9.90 Å². The number of fused-ring (bicyclic) bond motifs is 1. The molecule has 2 aromatic heterocycles. The molecule has 0 radical (unpaired) electrons. The number of carboxylic acids is 1. The van der Waals surface area contributed by atoms with Gasteiger partial charge in [-0.3, -0.25) is 4.68 Å². The van der Waals surface area contributed by atoms with Crippen molar-refractivity contribution in [3.63, 3.8) is 0 Å². The van der Waals surface area contributed by atoms with Crippen molar-refractivity contribution < 1.29 is 14.3 Å². The topological polar surface area (TPSA) is 80.3 Å². The van der Waals surface area contributed by atoms with Gasteiger partial charge in [0.05, 0.1) is 12.5 Å². The molecule has 1 atom stereocenters. The van der Waals surface area contributed by atoms with E-state index in [0.717, 1.165) is 55.6 Å². The first-order valence-corrected chi connectivity index (χ1v) is 7.75. The first kappa shape index (κ1) is 14.8. The van der Waals surface area contributed by atoms with E-state index in [4.69, 9.17) is 4.42 Å². The summed E-state index contributed by atoms with van der Waals surface area (Å²) in [4.78, 5) is 11.4. The molecule has 0 bridgehead atoms. The van der Waals surface area contributed by atoms with Crippen LogP contribution in [0, 0.1) is 0 Å². The molecule has 0 amide bonds. The fraction of sp³-hybridized carbons (Fsp3) is 0.500. The van der Waals surface area contributed by atoms with Crippen molar-refractivity contribution in [2.24, 2.45) is 0 Å². The van der Waals surface area contributed by atoms with Crippen molar-refractivity contribution in [3.05, 3.63) is 41.1 Å². The van der Waals surface area contributed by atoms with E-state index in [0.29, 0.717) is 0 Å². The van der Waals surface area contributed by atoms with Crippen LogP contribution in [0.2, 0.25) is 0 Å². The van der Waals surface area contributed by atoms with Gasteiger partial charge in [-0.25, -0.2) is 4.79 Å². The molecule has 2 aromatic rings. The molecular weight excluding hydrogens is 282 g/mol. The molecule has 22 heavy (non-hydrogen) atoms. The fourth-order valence-electron chi connectivity index (χ4n) is 3.09. The number of nitrogens with zero attached hydrogens (tertiary/aromatic N) is 2. The molecule has 0 aliphatic heterocycles. The van der Waals surface area contributed by atoms with Crippen LogP contribution in [-0.2, 0) is 25.9 Å². The van der Waals surface area contributed by atoms with Crippen molar-refractivity contribution >= 4 is 5.97 Å². The summed E-state index contributed by atoms with van der Waals surface area (Å²) in [7, 11) is 0. The van der Waals surface area contributed by atoms with Crippen LogP contribution in [0.5, 0.6) is 0 Å². The van der Waals surface area contributed by atoms with Gasteiger partial charge in [0.15, 0.2) is 5.69 Å². The molecule has 2 N–H and O–H groups in total. The van der Waals surface area contributed by atoms with Crippen molar-refractivity contribution in [2.75, 3.05) is 0 Å². The second-order valence-electron chi connectivity index (χ2n) is 5.75. The second kappa shape index (κ2) is 6.36. The lowest BCUT2D eigenvalue weighted by Gasteiger charge is -2.24. The van der Waals surface area contributed by atoms with E-state index < -0.39 is 5.97 Å². The van der Waals surface area contributed by atoms with Gasteiger partial charge < -0.3 is 14.8 Å². The van der Waals surface area contributed by atoms with Crippen LogP contribution in [0.3, 0.4) is 0 Å². The smallest absolute Gasteiger partial charge is 0.356 e. The number of hydrogen-bond acceptors (Lipinski definition) is 4. The summed E-state index contributed by atoms with van der Waals surface area (Å²) < 4.78 is 6.94. The van der Waals surface area contributed by atoms with Crippen molar-refractivity contribution in [2.45, 2.75) is 51.7 Å². The van der Waals surface area contributed by atoms with Crippen LogP contribution in [0.4, 0.5) is 0 Å². The standard InChI is InChI=1S/C16H21N3O3/c1-2-6-19-14-4-3-12(17-9-11-5-7-22-10-11)8-13(14)15(18-19)16(20)21/h5,7,10,12,17H,2-4,6,8-9H2,1H3,(H,20,21)/t12-/m0/s1. The maximum atomic E-state index is 11.4. The van der Waals surface area contributed by atoms with Gasteiger partial charge in [-0.15, -0.1) is 0 Å². The minimum atomic E-state index is -0.929. The van der Waals surface area contributed by atoms with E-state index in [2.05, 4.69) is 17.3 Å². The van der Waals surface area contributed by atoms with E-state index in [1.807, 2.05) is 10.7 Å². The molecule has 0 saturated heterocycles. The summed E-state index contributed by atoms with van der Waals surface area (Å²) in [6.45, 7) is 3.59. The van der Waals surface area contributed by atoms with Crippen molar-refractivity contribution in [1.82, 2.24) is 15.1 Å². The molecule has 6 heteroatoms. The SMILES string of the molecule is CCCn1nc(C(=O)O)c2c1CC[C@H](NCc1ccoc1)C2. The molecule has 118 valence electrons. The van der Waals surface area contributed by atoms with Gasteiger partial charge in [0.2, 0.25) is 0 Å². The highest BCUT2D eigenvalue weighted by Crippen LogP contribution is 2.25. The molecule has 0 aromatic carbocycles. The lowest BCUT2D eigenvalue weighted by atomic mass is 9.91. The molecule has 1 aliphatic rings. The zero-order valence-electron chi connectivity index (χ0n) is 12.7. The Morgan fingerprint density at radius 1 is 1.59 bits per heavy atom. The van der Waals surface area contributed by atoms with Crippen LogP contribution in [0.25, 0.3) is 0 Å². The van der Waals surface area contributed by atoms with Crippen molar-refractivity contribution in [1.29, 1.82) is 0 Å². The van der Waals surface area contributed by atoms with Gasteiger partial charge in [0.25, 0.3) is 0 Å². The molecule has 1 aliphatic carbocycles. The molecule has 0 fully saturated rings. The van der Waals surface area contributed by atoms with E-state index in [1.54, 1.807) is 12.5 Å². The third-order valence-electron chi connectivity index (χ3n) is 4.16. The maximum absolute atomic E-state index is 11.4. The van der Waals surface area contributed by atoms with E-state index in [-0.39, 0.29) is 11.7 Å². The van der Waals surface area contributed by atoms with Gasteiger partial charge in [-0.1, -0.05) is 6.92 Å². The predicted molar refractivity (Wildman–Crippen MR) is 80.8 cm³/mol. The zero-order chi connectivity index (χ0) is 15.5. The minimum Gasteiger partial charge on any atom is -0.476 e.